The van der Waals surface area contributed by atoms with Crippen molar-refractivity contribution in [2.75, 3.05) is 19.6 Å². The van der Waals surface area contributed by atoms with Crippen LogP contribution in [0.1, 0.15) is 60.3 Å². The molecule has 0 atom stereocenters. The maximum atomic E-state index is 6.18. The molecule has 0 saturated heterocycles. The van der Waals surface area contributed by atoms with E-state index < -0.39 is 8.80 Å². The lowest BCUT2D eigenvalue weighted by Gasteiger charge is -2.34. The lowest BCUT2D eigenvalue weighted by molar-refractivity contribution is 0.201. The fourth-order valence-electron chi connectivity index (χ4n) is 1.80. The first-order valence-electron chi connectivity index (χ1n) is 7.53. The van der Waals surface area contributed by atoms with Crippen LogP contribution in [0.5, 0.6) is 0 Å². The first-order valence-corrected chi connectivity index (χ1v) is 9.43. The van der Waals surface area contributed by atoms with E-state index in [0.29, 0.717) is 0 Å². The Morgan fingerprint density at radius 3 is 1.72 bits per heavy atom. The van der Waals surface area contributed by atoms with Gasteiger partial charge in [0, 0.05) is 6.10 Å². The average Bonchev–Trinajstić information content (AvgIpc) is 2.29. The van der Waals surface area contributed by atoms with E-state index in [-0.39, 0.29) is 6.10 Å². The number of unbranched alkanes of at least 4 members (excludes halogenated alkanes) is 2. The highest BCUT2D eigenvalue weighted by Crippen LogP contribution is 2.00. The second kappa shape index (κ2) is 10.9. The van der Waals surface area contributed by atoms with Gasteiger partial charge < -0.3 is 4.43 Å². The molecule has 0 aromatic rings. The van der Waals surface area contributed by atoms with E-state index in [9.17, 15) is 0 Å². The van der Waals surface area contributed by atoms with Gasteiger partial charge in [-0.1, -0.05) is 33.6 Å². The van der Waals surface area contributed by atoms with Crippen molar-refractivity contribution in [3.63, 3.8) is 0 Å². The molecular formula is C13H33N3OSi. The fraction of sp³-hybridized carbons (Fsp3) is 1.00. The maximum Gasteiger partial charge on any atom is 0.440 e. The molecule has 0 heterocycles. The molecule has 18 heavy (non-hydrogen) atoms. The molecule has 0 aliphatic rings. The zero-order valence-corrected chi connectivity index (χ0v) is 13.9. The molecule has 4 nitrogen and oxygen atoms in total. The Kier molecular flexibility index (Phi) is 11.0. The molecule has 0 aliphatic carbocycles. The van der Waals surface area contributed by atoms with Crippen LogP contribution in [-0.4, -0.2) is 34.5 Å². The Morgan fingerprint density at radius 2 is 1.39 bits per heavy atom. The zero-order chi connectivity index (χ0) is 13.9. The minimum atomic E-state index is -2.18. The molecule has 0 fully saturated rings. The van der Waals surface area contributed by atoms with Crippen molar-refractivity contribution in [1.82, 2.24) is 14.9 Å². The highest BCUT2D eigenvalue weighted by Gasteiger charge is 2.36. The molecule has 0 rings (SSSR count). The molecular weight excluding hydrogens is 242 g/mol. The number of hydrogen-bond donors (Lipinski definition) is 3. The molecule has 0 bridgehead atoms. The largest absolute Gasteiger partial charge is 0.440 e. The summed E-state index contributed by atoms with van der Waals surface area (Å²) >= 11 is 0. The molecule has 0 aromatic carbocycles. The van der Waals surface area contributed by atoms with Gasteiger partial charge in [-0.25, -0.2) is 0 Å². The third kappa shape index (κ3) is 8.21. The van der Waals surface area contributed by atoms with Crippen molar-refractivity contribution in [3.8, 4) is 0 Å². The Hall–Kier alpha value is 0.0569. The second-order valence-corrected chi connectivity index (χ2v) is 7.60. The molecule has 3 N–H and O–H groups in total. The number of rotatable bonds is 12. The van der Waals surface area contributed by atoms with Crippen molar-refractivity contribution < 1.29 is 4.43 Å². The van der Waals surface area contributed by atoms with Crippen LogP contribution in [0.2, 0.25) is 0 Å². The van der Waals surface area contributed by atoms with Crippen LogP contribution in [0.3, 0.4) is 0 Å². The molecule has 0 spiro atoms. The quantitative estimate of drug-likeness (QED) is 0.377. The van der Waals surface area contributed by atoms with Gasteiger partial charge >= 0.3 is 8.80 Å². The van der Waals surface area contributed by atoms with Crippen molar-refractivity contribution in [2.45, 2.75) is 66.4 Å². The van der Waals surface area contributed by atoms with Crippen LogP contribution in [-0.2, 0) is 4.43 Å². The SMILES string of the molecule is CCCCN[Si](NCC)(NCCCC)OC(C)C. The summed E-state index contributed by atoms with van der Waals surface area (Å²) in [6.07, 6.45) is 5.04. The van der Waals surface area contributed by atoms with E-state index in [1.54, 1.807) is 0 Å². The van der Waals surface area contributed by atoms with Gasteiger partial charge in [-0.2, -0.15) is 0 Å². The van der Waals surface area contributed by atoms with E-state index in [2.05, 4.69) is 49.6 Å². The summed E-state index contributed by atoms with van der Waals surface area (Å²) in [6, 6.07) is 0. The van der Waals surface area contributed by atoms with Crippen molar-refractivity contribution in [3.05, 3.63) is 0 Å². The summed E-state index contributed by atoms with van der Waals surface area (Å²) in [4.78, 5) is 10.8. The highest BCUT2D eigenvalue weighted by molar-refractivity contribution is 6.66. The van der Waals surface area contributed by atoms with Crippen molar-refractivity contribution >= 4 is 8.80 Å². The van der Waals surface area contributed by atoms with E-state index in [1.165, 1.54) is 25.7 Å². The van der Waals surface area contributed by atoms with E-state index in [1.807, 2.05) is 0 Å². The first kappa shape index (κ1) is 18.1. The van der Waals surface area contributed by atoms with Crippen LogP contribution >= 0.6 is 0 Å². The minimum absolute atomic E-state index is 0.235. The van der Waals surface area contributed by atoms with Gasteiger partial charge in [-0.15, -0.1) is 0 Å². The normalized spacial score (nSPS) is 12.3. The summed E-state index contributed by atoms with van der Waals surface area (Å²) in [6.45, 7) is 13.7. The predicted octanol–water partition coefficient (Wildman–Crippen LogP) is 2.24. The van der Waals surface area contributed by atoms with Crippen LogP contribution in [0.4, 0.5) is 0 Å². The second-order valence-electron chi connectivity index (χ2n) is 4.94. The predicted molar refractivity (Wildman–Crippen MR) is 81.5 cm³/mol. The lowest BCUT2D eigenvalue weighted by atomic mass is 10.3. The Bertz CT molecular complexity index is 181. The van der Waals surface area contributed by atoms with E-state index >= 15 is 0 Å². The Balaban J connectivity index is 4.44. The van der Waals surface area contributed by atoms with Crippen LogP contribution in [0.25, 0.3) is 0 Å². The smallest absolute Gasteiger partial charge is 0.378 e. The molecule has 0 unspecified atom stereocenters. The van der Waals surface area contributed by atoms with E-state index in [0.717, 1.165) is 19.6 Å². The molecule has 0 aromatic heterocycles. The van der Waals surface area contributed by atoms with E-state index in [4.69, 9.17) is 4.43 Å². The maximum absolute atomic E-state index is 6.18. The molecule has 0 aliphatic heterocycles. The number of hydrogen-bond acceptors (Lipinski definition) is 4. The van der Waals surface area contributed by atoms with Crippen LogP contribution in [0, 0.1) is 0 Å². The number of nitrogens with one attached hydrogen (secondary N) is 3. The molecule has 0 amide bonds. The fourth-order valence-corrected chi connectivity index (χ4v) is 4.69. The third-order valence-corrected chi connectivity index (χ3v) is 5.82. The van der Waals surface area contributed by atoms with Crippen molar-refractivity contribution in [1.29, 1.82) is 0 Å². The molecule has 0 radical (unpaired) electrons. The molecule has 5 heteroatoms. The summed E-state index contributed by atoms with van der Waals surface area (Å²) in [5.74, 6) is 0. The van der Waals surface area contributed by atoms with Crippen LogP contribution < -0.4 is 14.9 Å². The average molecular weight is 276 g/mol. The summed E-state index contributed by atoms with van der Waals surface area (Å²) in [5, 5.41) is 0. The minimum Gasteiger partial charge on any atom is -0.378 e. The van der Waals surface area contributed by atoms with Crippen LogP contribution in [0.15, 0.2) is 0 Å². The van der Waals surface area contributed by atoms with Gasteiger partial charge in [0.05, 0.1) is 0 Å². The summed E-state index contributed by atoms with van der Waals surface area (Å²) in [7, 11) is -2.18. The van der Waals surface area contributed by atoms with Gasteiger partial charge in [0.15, 0.2) is 0 Å². The Labute approximate surface area is 115 Å². The van der Waals surface area contributed by atoms with Gasteiger partial charge in [-0.3, -0.25) is 14.9 Å². The topological polar surface area (TPSA) is 45.3 Å². The van der Waals surface area contributed by atoms with Gasteiger partial charge in [0.2, 0.25) is 0 Å². The Morgan fingerprint density at radius 1 is 0.889 bits per heavy atom. The summed E-state index contributed by atoms with van der Waals surface area (Å²) in [5.41, 5.74) is 0. The van der Waals surface area contributed by atoms with Gasteiger partial charge in [-0.05, 0) is 46.3 Å². The third-order valence-electron chi connectivity index (χ3n) is 2.65. The van der Waals surface area contributed by atoms with Gasteiger partial charge in [0.25, 0.3) is 0 Å². The summed E-state index contributed by atoms with van der Waals surface area (Å²) < 4.78 is 6.18. The monoisotopic (exact) mass is 275 g/mol. The molecule has 110 valence electrons. The first-order chi connectivity index (χ1) is 8.60. The standard InChI is InChI=1S/C13H33N3OSi/c1-6-9-11-15-18(14-8-3,17-13(4)5)16-12-10-7-2/h13-16H,6-12H2,1-5H3. The molecule has 0 saturated carbocycles. The zero-order valence-electron chi connectivity index (χ0n) is 12.9. The lowest BCUT2D eigenvalue weighted by Crippen LogP contribution is -2.75. The van der Waals surface area contributed by atoms with Crippen molar-refractivity contribution in [2.24, 2.45) is 0 Å². The van der Waals surface area contributed by atoms with Gasteiger partial charge in [0.1, 0.15) is 0 Å². The highest BCUT2D eigenvalue weighted by atomic mass is 28.4.